The molecule has 0 aliphatic heterocycles. The molecule has 0 aromatic heterocycles. The maximum Gasteiger partial charge on any atom is 0.295 e. The van der Waals surface area contributed by atoms with E-state index in [9.17, 15) is 14.5 Å². The molecule has 0 fully saturated rings. The standard InChI is InChI=1S/C16H17FN2O4/c1-22-15-9-13(14(19(20)21)8-12(15)17)18-10-16(23-2)11-6-4-3-5-7-11/h3-9,16,18H,10H2,1-2H3. The zero-order chi connectivity index (χ0) is 16.8. The summed E-state index contributed by atoms with van der Waals surface area (Å²) in [6.45, 7) is 0.288. The molecule has 2 aromatic carbocycles. The van der Waals surface area contributed by atoms with E-state index in [1.807, 2.05) is 30.3 Å². The third-order valence-electron chi connectivity index (χ3n) is 3.40. The van der Waals surface area contributed by atoms with Crippen molar-refractivity contribution in [2.45, 2.75) is 6.10 Å². The number of hydrogen-bond acceptors (Lipinski definition) is 5. The van der Waals surface area contributed by atoms with Gasteiger partial charge >= 0.3 is 0 Å². The molecule has 0 saturated heterocycles. The molecule has 1 atom stereocenters. The second-order valence-electron chi connectivity index (χ2n) is 4.78. The molecule has 0 bridgehead atoms. The molecular formula is C16H17FN2O4. The number of nitrogens with one attached hydrogen (secondary N) is 1. The second kappa shape index (κ2) is 7.55. The number of anilines is 1. The van der Waals surface area contributed by atoms with Gasteiger partial charge < -0.3 is 14.8 Å². The minimum atomic E-state index is -0.781. The average Bonchev–Trinajstić information content (AvgIpc) is 2.57. The Labute approximate surface area is 133 Å². The topological polar surface area (TPSA) is 73.6 Å². The summed E-state index contributed by atoms with van der Waals surface area (Å²) in [7, 11) is 2.86. The van der Waals surface area contributed by atoms with Crippen molar-refractivity contribution in [1.82, 2.24) is 0 Å². The van der Waals surface area contributed by atoms with E-state index < -0.39 is 10.7 Å². The monoisotopic (exact) mass is 320 g/mol. The zero-order valence-electron chi connectivity index (χ0n) is 12.8. The van der Waals surface area contributed by atoms with Gasteiger partial charge in [-0.05, 0) is 5.56 Å². The van der Waals surface area contributed by atoms with E-state index in [4.69, 9.17) is 9.47 Å². The maximum atomic E-state index is 13.6. The molecule has 0 radical (unpaired) electrons. The van der Waals surface area contributed by atoms with Gasteiger partial charge in [0.2, 0.25) is 0 Å². The second-order valence-corrected chi connectivity index (χ2v) is 4.78. The molecule has 1 N–H and O–H groups in total. The number of hydrogen-bond donors (Lipinski definition) is 1. The van der Waals surface area contributed by atoms with Crippen LogP contribution in [0.1, 0.15) is 11.7 Å². The number of halogens is 1. The van der Waals surface area contributed by atoms with E-state index in [2.05, 4.69) is 5.32 Å². The predicted molar refractivity (Wildman–Crippen MR) is 84.3 cm³/mol. The minimum Gasteiger partial charge on any atom is -0.494 e. The van der Waals surface area contributed by atoms with Crippen molar-refractivity contribution in [3.8, 4) is 5.75 Å². The molecule has 2 rings (SSSR count). The maximum absolute atomic E-state index is 13.6. The van der Waals surface area contributed by atoms with E-state index in [-0.39, 0.29) is 29.8 Å². The first-order chi connectivity index (χ1) is 11.1. The van der Waals surface area contributed by atoms with Crippen molar-refractivity contribution >= 4 is 11.4 Å². The van der Waals surface area contributed by atoms with Crippen molar-refractivity contribution in [3.63, 3.8) is 0 Å². The van der Waals surface area contributed by atoms with Crippen molar-refractivity contribution in [1.29, 1.82) is 0 Å². The first-order valence-electron chi connectivity index (χ1n) is 6.90. The zero-order valence-corrected chi connectivity index (χ0v) is 12.8. The van der Waals surface area contributed by atoms with Gasteiger partial charge in [-0.15, -0.1) is 0 Å². The van der Waals surface area contributed by atoms with Crippen LogP contribution in [-0.2, 0) is 4.74 Å². The summed E-state index contributed by atoms with van der Waals surface area (Å²) < 4.78 is 23.9. The van der Waals surface area contributed by atoms with Gasteiger partial charge in [0.25, 0.3) is 5.69 Å². The summed E-state index contributed by atoms with van der Waals surface area (Å²) >= 11 is 0. The minimum absolute atomic E-state index is 0.0632. The molecule has 0 aliphatic rings. The Kier molecular flexibility index (Phi) is 5.48. The highest BCUT2D eigenvalue weighted by Crippen LogP contribution is 2.32. The van der Waals surface area contributed by atoms with E-state index >= 15 is 0 Å². The SMILES string of the molecule is COc1cc(NCC(OC)c2ccccc2)c([N+](=O)[O-])cc1F. The molecule has 23 heavy (non-hydrogen) atoms. The quantitative estimate of drug-likeness (QED) is 0.624. The van der Waals surface area contributed by atoms with Gasteiger partial charge in [0, 0.05) is 19.7 Å². The van der Waals surface area contributed by atoms with E-state index in [0.717, 1.165) is 11.6 Å². The van der Waals surface area contributed by atoms with Gasteiger partial charge in [0.1, 0.15) is 5.69 Å². The summed E-state index contributed by atoms with van der Waals surface area (Å²) in [4.78, 5) is 10.4. The van der Waals surface area contributed by atoms with Crippen LogP contribution in [0.3, 0.4) is 0 Å². The third-order valence-corrected chi connectivity index (χ3v) is 3.40. The van der Waals surface area contributed by atoms with Crippen LogP contribution < -0.4 is 10.1 Å². The van der Waals surface area contributed by atoms with Crippen LogP contribution in [0.25, 0.3) is 0 Å². The first kappa shape index (κ1) is 16.7. The predicted octanol–water partition coefficient (Wildman–Crippen LogP) is 3.54. The average molecular weight is 320 g/mol. The third kappa shape index (κ3) is 3.95. The number of nitro benzene ring substituents is 1. The van der Waals surface area contributed by atoms with Crippen LogP contribution in [0.4, 0.5) is 15.8 Å². The van der Waals surface area contributed by atoms with Crippen LogP contribution >= 0.6 is 0 Å². The molecule has 0 heterocycles. The fraction of sp³-hybridized carbons (Fsp3) is 0.250. The highest BCUT2D eigenvalue weighted by molar-refractivity contribution is 5.64. The van der Waals surface area contributed by atoms with Gasteiger partial charge in [0.15, 0.2) is 11.6 Å². The number of nitro groups is 1. The number of methoxy groups -OCH3 is 2. The molecule has 122 valence electrons. The van der Waals surface area contributed by atoms with Crippen LogP contribution in [0.2, 0.25) is 0 Å². The number of ether oxygens (including phenoxy) is 2. The summed E-state index contributed by atoms with van der Waals surface area (Å²) in [5.41, 5.74) is 0.747. The van der Waals surface area contributed by atoms with E-state index in [1.54, 1.807) is 7.11 Å². The van der Waals surface area contributed by atoms with Crippen molar-refractivity contribution < 1.29 is 18.8 Å². The lowest BCUT2D eigenvalue weighted by Crippen LogP contribution is -2.15. The molecule has 1 unspecified atom stereocenters. The Balaban J connectivity index is 2.23. The number of nitrogens with zero attached hydrogens (tertiary/aromatic N) is 1. The highest BCUT2D eigenvalue weighted by Gasteiger charge is 2.20. The van der Waals surface area contributed by atoms with Gasteiger partial charge in [0.05, 0.1) is 24.2 Å². The van der Waals surface area contributed by atoms with Gasteiger partial charge in [-0.3, -0.25) is 10.1 Å². The fourth-order valence-corrected chi connectivity index (χ4v) is 2.20. The lowest BCUT2D eigenvalue weighted by molar-refractivity contribution is -0.384. The molecule has 0 aliphatic carbocycles. The lowest BCUT2D eigenvalue weighted by Gasteiger charge is -2.17. The Morgan fingerprint density at radius 3 is 2.52 bits per heavy atom. The molecule has 0 spiro atoms. The van der Waals surface area contributed by atoms with Gasteiger partial charge in [-0.1, -0.05) is 30.3 Å². The van der Waals surface area contributed by atoms with Crippen LogP contribution in [-0.4, -0.2) is 25.7 Å². The highest BCUT2D eigenvalue weighted by atomic mass is 19.1. The Morgan fingerprint density at radius 2 is 1.96 bits per heavy atom. The van der Waals surface area contributed by atoms with Crippen LogP contribution in [0.5, 0.6) is 5.75 Å². The molecule has 6 nitrogen and oxygen atoms in total. The van der Waals surface area contributed by atoms with Gasteiger partial charge in [-0.25, -0.2) is 4.39 Å². The van der Waals surface area contributed by atoms with Crippen LogP contribution in [0, 0.1) is 15.9 Å². The summed E-state index contributed by atoms with van der Waals surface area (Å²) in [5, 5.41) is 14.0. The van der Waals surface area contributed by atoms with Crippen molar-refractivity contribution in [2.24, 2.45) is 0 Å². The molecule has 7 heteroatoms. The number of rotatable bonds is 7. The van der Waals surface area contributed by atoms with Gasteiger partial charge in [-0.2, -0.15) is 0 Å². The molecule has 0 saturated carbocycles. The summed E-state index contributed by atoms with van der Waals surface area (Å²) in [6, 6.07) is 11.6. The number of benzene rings is 2. The van der Waals surface area contributed by atoms with E-state index in [1.165, 1.54) is 13.2 Å². The Morgan fingerprint density at radius 1 is 1.26 bits per heavy atom. The summed E-state index contributed by atoms with van der Waals surface area (Å²) in [6.07, 6.45) is -0.299. The Bertz CT molecular complexity index is 679. The van der Waals surface area contributed by atoms with Crippen molar-refractivity contribution in [2.75, 3.05) is 26.1 Å². The largest absolute Gasteiger partial charge is 0.494 e. The molecular weight excluding hydrogens is 303 g/mol. The smallest absolute Gasteiger partial charge is 0.295 e. The van der Waals surface area contributed by atoms with Crippen molar-refractivity contribution in [3.05, 3.63) is 64.0 Å². The van der Waals surface area contributed by atoms with E-state index in [0.29, 0.717) is 0 Å². The fourth-order valence-electron chi connectivity index (χ4n) is 2.20. The molecule has 0 amide bonds. The van der Waals surface area contributed by atoms with Crippen LogP contribution in [0.15, 0.2) is 42.5 Å². The first-order valence-corrected chi connectivity index (χ1v) is 6.90. The lowest BCUT2D eigenvalue weighted by atomic mass is 10.1. The Hall–Kier alpha value is -2.67. The summed E-state index contributed by atoms with van der Waals surface area (Å²) in [5.74, 6) is -0.845. The molecule has 2 aromatic rings. The normalized spacial score (nSPS) is 11.8.